The summed E-state index contributed by atoms with van der Waals surface area (Å²) in [5.74, 6) is 0.532. The second kappa shape index (κ2) is 8.49. The van der Waals surface area contributed by atoms with Crippen molar-refractivity contribution in [1.82, 2.24) is 0 Å². The second-order valence-corrected chi connectivity index (χ2v) is 6.13. The first-order valence-corrected chi connectivity index (χ1v) is 8.14. The van der Waals surface area contributed by atoms with E-state index in [0.717, 1.165) is 31.2 Å². The van der Waals surface area contributed by atoms with E-state index >= 15 is 0 Å². The van der Waals surface area contributed by atoms with Gasteiger partial charge in [-0.25, -0.2) is 8.78 Å². The van der Waals surface area contributed by atoms with E-state index < -0.39 is 12.8 Å². The van der Waals surface area contributed by atoms with Crippen LogP contribution in [0.3, 0.4) is 0 Å². The Bertz CT molecular complexity index is 513. The van der Waals surface area contributed by atoms with E-state index in [0.29, 0.717) is 18.3 Å². The van der Waals surface area contributed by atoms with Crippen LogP contribution in [0.2, 0.25) is 0 Å². The van der Waals surface area contributed by atoms with E-state index in [4.69, 9.17) is 0 Å². The van der Waals surface area contributed by atoms with E-state index in [2.05, 4.69) is 4.74 Å². The Kier molecular flexibility index (Phi) is 6.63. The smallest absolute Gasteiger partial charge is 0.406 e. The third-order valence-corrected chi connectivity index (χ3v) is 4.32. The summed E-state index contributed by atoms with van der Waals surface area (Å²) in [7, 11) is 0. The van der Waals surface area contributed by atoms with Crippen LogP contribution in [-0.2, 0) is 0 Å². The molecule has 1 aliphatic carbocycles. The van der Waals surface area contributed by atoms with E-state index in [1.807, 2.05) is 12.2 Å². The first-order chi connectivity index (χ1) is 11.3. The molecule has 0 saturated heterocycles. The van der Waals surface area contributed by atoms with Crippen LogP contribution in [0.15, 0.2) is 36.4 Å². The quantitative estimate of drug-likeness (QED) is 0.423. The largest absolute Gasteiger partial charge is 0.573 e. The van der Waals surface area contributed by atoms with Crippen molar-refractivity contribution in [3.05, 3.63) is 42.0 Å². The Morgan fingerprint density at radius 2 is 1.67 bits per heavy atom. The fourth-order valence-corrected chi connectivity index (χ4v) is 3.10. The normalized spacial score (nSPS) is 22.2. The summed E-state index contributed by atoms with van der Waals surface area (Å²) in [4.78, 5) is 0. The average molecular weight is 348 g/mol. The summed E-state index contributed by atoms with van der Waals surface area (Å²) in [5.41, 5.74) is 1.02. The van der Waals surface area contributed by atoms with Crippen molar-refractivity contribution in [3.8, 4) is 5.75 Å². The summed E-state index contributed by atoms with van der Waals surface area (Å²) in [6, 6.07) is 6.06. The molecule has 24 heavy (non-hydrogen) atoms. The van der Waals surface area contributed by atoms with Gasteiger partial charge in [0.1, 0.15) is 5.75 Å². The fourth-order valence-electron chi connectivity index (χ4n) is 3.10. The Morgan fingerprint density at radius 1 is 1.04 bits per heavy atom. The van der Waals surface area contributed by atoms with Crippen molar-refractivity contribution >= 4 is 0 Å². The highest BCUT2D eigenvalue weighted by Crippen LogP contribution is 2.37. The zero-order valence-corrected chi connectivity index (χ0v) is 13.2. The highest BCUT2D eigenvalue weighted by molar-refractivity contribution is 5.30. The fraction of sp³-hybridized carbons (Fsp3) is 0.556. The molecule has 0 N–H and O–H groups in total. The van der Waals surface area contributed by atoms with Crippen molar-refractivity contribution < 1.29 is 26.7 Å². The van der Waals surface area contributed by atoms with Gasteiger partial charge in [0, 0.05) is 6.42 Å². The van der Waals surface area contributed by atoms with Crippen LogP contribution in [0, 0.1) is 5.92 Å². The third kappa shape index (κ3) is 6.49. The minimum absolute atomic E-state index is 0.0990. The van der Waals surface area contributed by atoms with Crippen LogP contribution < -0.4 is 4.74 Å². The lowest BCUT2D eigenvalue weighted by molar-refractivity contribution is -0.274. The lowest BCUT2D eigenvalue weighted by Crippen LogP contribution is -2.17. The molecule has 134 valence electrons. The first-order valence-electron chi connectivity index (χ1n) is 8.14. The number of allylic oxidation sites excluding steroid dienone is 2. The molecule has 0 bridgehead atoms. The van der Waals surface area contributed by atoms with Crippen LogP contribution in [0.5, 0.6) is 5.75 Å². The maximum Gasteiger partial charge on any atom is 0.573 e. The third-order valence-electron chi connectivity index (χ3n) is 4.32. The zero-order chi connectivity index (χ0) is 17.6. The topological polar surface area (TPSA) is 9.23 Å². The van der Waals surface area contributed by atoms with Crippen molar-refractivity contribution in [1.29, 1.82) is 0 Å². The molecule has 1 nitrogen and oxygen atoms in total. The van der Waals surface area contributed by atoms with Gasteiger partial charge in [0.25, 0.3) is 0 Å². The Labute approximate surface area is 138 Å². The molecule has 0 aliphatic heterocycles. The van der Waals surface area contributed by atoms with Crippen LogP contribution in [0.1, 0.15) is 50.0 Å². The minimum Gasteiger partial charge on any atom is -0.406 e. The predicted octanol–water partition coefficient (Wildman–Crippen LogP) is 6.46. The summed E-state index contributed by atoms with van der Waals surface area (Å²) in [6.07, 6.45) is 1.07. The Morgan fingerprint density at radius 3 is 2.21 bits per heavy atom. The van der Waals surface area contributed by atoms with E-state index in [-0.39, 0.29) is 12.2 Å². The van der Waals surface area contributed by atoms with E-state index in [9.17, 15) is 22.0 Å². The number of benzene rings is 1. The molecule has 0 amide bonds. The molecular weight excluding hydrogens is 327 g/mol. The van der Waals surface area contributed by atoms with Crippen molar-refractivity contribution in [2.24, 2.45) is 5.92 Å². The molecule has 0 spiro atoms. The Balaban J connectivity index is 1.79. The summed E-state index contributed by atoms with van der Waals surface area (Å²) in [5, 5.41) is 0. The Hall–Kier alpha value is -1.59. The molecule has 0 unspecified atom stereocenters. The lowest BCUT2D eigenvalue weighted by Gasteiger charge is -2.27. The molecule has 1 fully saturated rings. The molecule has 1 saturated carbocycles. The highest BCUT2D eigenvalue weighted by Gasteiger charge is 2.31. The van der Waals surface area contributed by atoms with Gasteiger partial charge in [0.2, 0.25) is 6.43 Å². The number of ether oxygens (including phenoxy) is 1. The molecule has 0 radical (unpaired) electrons. The summed E-state index contributed by atoms with van der Waals surface area (Å²) in [6.45, 7) is 0. The zero-order valence-electron chi connectivity index (χ0n) is 13.2. The maximum absolute atomic E-state index is 12.1. The van der Waals surface area contributed by atoms with Gasteiger partial charge in [-0.1, -0.05) is 24.3 Å². The predicted molar refractivity (Wildman–Crippen MR) is 82.2 cm³/mol. The number of hydrogen-bond donors (Lipinski definition) is 0. The van der Waals surface area contributed by atoms with E-state index in [1.165, 1.54) is 12.1 Å². The number of hydrogen-bond acceptors (Lipinski definition) is 1. The molecule has 6 heteroatoms. The molecule has 2 rings (SSSR count). The van der Waals surface area contributed by atoms with Gasteiger partial charge in [-0.15, -0.1) is 13.2 Å². The van der Waals surface area contributed by atoms with Gasteiger partial charge in [0.15, 0.2) is 0 Å². The second-order valence-electron chi connectivity index (χ2n) is 6.13. The van der Waals surface area contributed by atoms with Gasteiger partial charge >= 0.3 is 6.36 Å². The molecular formula is C18H21F5O. The summed E-state index contributed by atoms with van der Waals surface area (Å²) < 4.78 is 64.4. The molecule has 1 aromatic rings. The molecule has 1 aliphatic rings. The average Bonchev–Trinajstić information content (AvgIpc) is 2.51. The van der Waals surface area contributed by atoms with Gasteiger partial charge < -0.3 is 4.74 Å². The van der Waals surface area contributed by atoms with Crippen LogP contribution in [-0.4, -0.2) is 12.8 Å². The minimum atomic E-state index is -4.67. The standard InChI is InChI=1S/C18H21F5O/c19-17(20)4-2-1-3-13-5-7-14(8-6-13)15-9-11-16(12-10-15)24-18(21,22)23/h1,3,9-14,17H,2,4-8H2/t13-,14-. The molecule has 1 aromatic carbocycles. The van der Waals surface area contributed by atoms with Crippen molar-refractivity contribution in [2.75, 3.05) is 0 Å². The van der Waals surface area contributed by atoms with Gasteiger partial charge in [-0.05, 0) is 61.6 Å². The van der Waals surface area contributed by atoms with Crippen LogP contribution >= 0.6 is 0 Å². The SMILES string of the molecule is FC(F)CCC=C[C@H]1CC[C@H](c2ccc(OC(F)(F)F)cc2)CC1. The highest BCUT2D eigenvalue weighted by atomic mass is 19.4. The van der Waals surface area contributed by atoms with Crippen LogP contribution in [0.4, 0.5) is 22.0 Å². The number of alkyl halides is 5. The van der Waals surface area contributed by atoms with E-state index in [1.54, 1.807) is 12.1 Å². The monoisotopic (exact) mass is 348 g/mol. The van der Waals surface area contributed by atoms with Crippen LogP contribution in [0.25, 0.3) is 0 Å². The van der Waals surface area contributed by atoms with Crippen molar-refractivity contribution in [2.45, 2.75) is 57.2 Å². The number of halogens is 5. The molecule has 0 heterocycles. The van der Waals surface area contributed by atoms with Gasteiger partial charge in [-0.3, -0.25) is 0 Å². The van der Waals surface area contributed by atoms with Gasteiger partial charge in [-0.2, -0.15) is 0 Å². The lowest BCUT2D eigenvalue weighted by atomic mass is 9.78. The molecule has 0 aromatic heterocycles. The first kappa shape index (κ1) is 18.7. The maximum atomic E-state index is 12.1. The number of rotatable bonds is 6. The van der Waals surface area contributed by atoms with Crippen molar-refractivity contribution in [3.63, 3.8) is 0 Å². The van der Waals surface area contributed by atoms with Gasteiger partial charge in [0.05, 0.1) is 0 Å². The molecule has 0 atom stereocenters. The summed E-state index contributed by atoms with van der Waals surface area (Å²) >= 11 is 0.